The van der Waals surface area contributed by atoms with Crippen LogP contribution in [0, 0.1) is 0 Å². The molecule has 1 saturated heterocycles. The van der Waals surface area contributed by atoms with E-state index in [4.69, 9.17) is 9.73 Å². The molecule has 23 heavy (non-hydrogen) atoms. The molecular formula is C18H30N4O. The predicted molar refractivity (Wildman–Crippen MR) is 97.7 cm³/mol. The molecule has 0 amide bonds. The molecular weight excluding hydrogens is 288 g/mol. The molecule has 1 N–H and O–H groups in total. The maximum atomic E-state index is 5.33. The average molecular weight is 318 g/mol. The zero-order valence-corrected chi connectivity index (χ0v) is 14.7. The van der Waals surface area contributed by atoms with Crippen molar-refractivity contribution >= 4 is 11.6 Å². The van der Waals surface area contributed by atoms with E-state index in [2.05, 4.69) is 47.2 Å². The van der Waals surface area contributed by atoms with Gasteiger partial charge in [-0.3, -0.25) is 4.99 Å². The van der Waals surface area contributed by atoms with Crippen molar-refractivity contribution in [3.05, 3.63) is 24.3 Å². The quantitative estimate of drug-likeness (QED) is 0.497. The number of nitrogens with zero attached hydrogens (tertiary/aromatic N) is 3. The minimum Gasteiger partial charge on any atom is -0.497 e. The number of rotatable bonds is 6. The summed E-state index contributed by atoms with van der Waals surface area (Å²) in [6.45, 7) is 10.2. The third kappa shape index (κ3) is 5.05. The minimum atomic E-state index is 0.912. The van der Waals surface area contributed by atoms with Gasteiger partial charge >= 0.3 is 0 Å². The number of unbranched alkanes of at least 4 members (excludes halogenated alkanes) is 1. The normalized spacial score (nSPS) is 15.7. The van der Waals surface area contributed by atoms with Gasteiger partial charge in [-0.15, -0.1) is 0 Å². The molecule has 0 spiro atoms. The lowest BCUT2D eigenvalue weighted by Gasteiger charge is -2.37. The Hall–Kier alpha value is -1.91. The van der Waals surface area contributed by atoms with E-state index in [1.165, 1.54) is 12.1 Å². The number of methoxy groups -OCH3 is 1. The van der Waals surface area contributed by atoms with E-state index in [9.17, 15) is 0 Å². The molecule has 1 fully saturated rings. The third-order valence-corrected chi connectivity index (χ3v) is 4.11. The van der Waals surface area contributed by atoms with Crippen LogP contribution in [0.25, 0.3) is 0 Å². The fraction of sp³-hybridized carbons (Fsp3) is 0.611. The van der Waals surface area contributed by atoms with Crippen LogP contribution in [0.3, 0.4) is 0 Å². The van der Waals surface area contributed by atoms with Gasteiger partial charge in [0.2, 0.25) is 0 Å². The van der Waals surface area contributed by atoms with Crippen molar-refractivity contribution < 1.29 is 4.74 Å². The fourth-order valence-corrected chi connectivity index (χ4v) is 2.75. The molecule has 0 radical (unpaired) electrons. The van der Waals surface area contributed by atoms with E-state index in [1.807, 2.05) is 6.07 Å². The summed E-state index contributed by atoms with van der Waals surface area (Å²) in [4.78, 5) is 9.53. The first-order valence-electron chi connectivity index (χ1n) is 8.70. The summed E-state index contributed by atoms with van der Waals surface area (Å²) in [5.74, 6) is 1.98. The standard InChI is InChI=1S/C18H30N4O/c1-4-6-10-20-18(19-5-2)22-13-11-21(12-14-22)16-8-7-9-17(15-16)23-3/h7-9,15H,4-6,10-14H2,1-3H3,(H,19,20). The van der Waals surface area contributed by atoms with E-state index in [0.29, 0.717) is 0 Å². The number of aliphatic imine (C=N–C) groups is 1. The largest absolute Gasteiger partial charge is 0.497 e. The van der Waals surface area contributed by atoms with Crippen LogP contribution in [0.15, 0.2) is 29.3 Å². The van der Waals surface area contributed by atoms with Gasteiger partial charge in [0, 0.05) is 51.0 Å². The van der Waals surface area contributed by atoms with Gasteiger partial charge in [0.1, 0.15) is 5.75 Å². The molecule has 128 valence electrons. The number of hydrogen-bond acceptors (Lipinski definition) is 3. The SMILES string of the molecule is CCCCN=C(NCC)N1CCN(c2cccc(OC)c2)CC1. The number of nitrogens with one attached hydrogen (secondary N) is 1. The summed E-state index contributed by atoms with van der Waals surface area (Å²) >= 11 is 0. The lowest BCUT2D eigenvalue weighted by molar-refractivity contribution is 0.372. The molecule has 1 aliphatic heterocycles. The van der Waals surface area contributed by atoms with Crippen molar-refractivity contribution in [1.82, 2.24) is 10.2 Å². The number of anilines is 1. The molecule has 1 aliphatic rings. The number of ether oxygens (including phenoxy) is 1. The van der Waals surface area contributed by atoms with E-state index in [-0.39, 0.29) is 0 Å². The first-order chi connectivity index (χ1) is 11.3. The smallest absolute Gasteiger partial charge is 0.194 e. The van der Waals surface area contributed by atoms with Gasteiger partial charge in [0.25, 0.3) is 0 Å². The average Bonchev–Trinajstić information content (AvgIpc) is 2.61. The topological polar surface area (TPSA) is 40.1 Å². The Labute approximate surface area is 140 Å². The number of benzene rings is 1. The summed E-state index contributed by atoms with van der Waals surface area (Å²) < 4.78 is 5.33. The maximum absolute atomic E-state index is 5.33. The molecule has 1 heterocycles. The Bertz CT molecular complexity index is 496. The van der Waals surface area contributed by atoms with Gasteiger partial charge in [-0.05, 0) is 25.5 Å². The van der Waals surface area contributed by atoms with Gasteiger partial charge < -0.3 is 19.9 Å². The molecule has 1 aromatic carbocycles. The lowest BCUT2D eigenvalue weighted by Crippen LogP contribution is -2.52. The van der Waals surface area contributed by atoms with Crippen molar-refractivity contribution in [2.24, 2.45) is 4.99 Å². The Morgan fingerprint density at radius 3 is 2.65 bits per heavy atom. The second-order valence-corrected chi connectivity index (χ2v) is 5.76. The van der Waals surface area contributed by atoms with Crippen molar-refractivity contribution in [3.63, 3.8) is 0 Å². The summed E-state index contributed by atoms with van der Waals surface area (Å²) in [6, 6.07) is 8.30. The monoisotopic (exact) mass is 318 g/mol. The third-order valence-electron chi connectivity index (χ3n) is 4.11. The highest BCUT2D eigenvalue weighted by Crippen LogP contribution is 2.22. The first-order valence-corrected chi connectivity index (χ1v) is 8.70. The van der Waals surface area contributed by atoms with Crippen molar-refractivity contribution in [3.8, 4) is 5.75 Å². The Morgan fingerprint density at radius 2 is 2.00 bits per heavy atom. The zero-order chi connectivity index (χ0) is 16.5. The van der Waals surface area contributed by atoms with E-state index >= 15 is 0 Å². The Morgan fingerprint density at radius 1 is 1.22 bits per heavy atom. The van der Waals surface area contributed by atoms with Crippen LogP contribution in [0.4, 0.5) is 5.69 Å². The van der Waals surface area contributed by atoms with Crippen LogP contribution in [-0.4, -0.2) is 57.2 Å². The first kappa shape index (κ1) is 17.4. The molecule has 0 saturated carbocycles. The molecule has 1 aromatic rings. The highest BCUT2D eigenvalue weighted by molar-refractivity contribution is 5.80. The van der Waals surface area contributed by atoms with Crippen LogP contribution in [0.1, 0.15) is 26.7 Å². The number of hydrogen-bond donors (Lipinski definition) is 1. The predicted octanol–water partition coefficient (Wildman–Crippen LogP) is 2.58. The van der Waals surface area contributed by atoms with Gasteiger partial charge in [-0.1, -0.05) is 19.4 Å². The molecule has 0 bridgehead atoms. The highest BCUT2D eigenvalue weighted by atomic mass is 16.5. The molecule has 0 atom stereocenters. The van der Waals surface area contributed by atoms with Crippen molar-refractivity contribution in [2.45, 2.75) is 26.7 Å². The summed E-state index contributed by atoms with van der Waals surface area (Å²) in [5, 5.41) is 3.42. The lowest BCUT2D eigenvalue weighted by atomic mass is 10.2. The van der Waals surface area contributed by atoms with Crippen LogP contribution in [0.2, 0.25) is 0 Å². The molecule has 0 aromatic heterocycles. The minimum absolute atomic E-state index is 0.912. The second-order valence-electron chi connectivity index (χ2n) is 5.76. The number of guanidine groups is 1. The van der Waals surface area contributed by atoms with Crippen molar-refractivity contribution in [2.75, 3.05) is 51.3 Å². The zero-order valence-electron chi connectivity index (χ0n) is 14.7. The van der Waals surface area contributed by atoms with Gasteiger partial charge in [-0.2, -0.15) is 0 Å². The van der Waals surface area contributed by atoms with Crippen LogP contribution >= 0.6 is 0 Å². The molecule has 2 rings (SSSR count). The molecule has 0 unspecified atom stereocenters. The Balaban J connectivity index is 1.94. The van der Waals surface area contributed by atoms with Gasteiger partial charge in [-0.25, -0.2) is 0 Å². The molecule has 0 aliphatic carbocycles. The fourth-order valence-electron chi connectivity index (χ4n) is 2.75. The van der Waals surface area contributed by atoms with Crippen molar-refractivity contribution in [1.29, 1.82) is 0 Å². The highest BCUT2D eigenvalue weighted by Gasteiger charge is 2.19. The molecule has 5 heteroatoms. The van der Waals surface area contributed by atoms with E-state index in [0.717, 1.165) is 57.4 Å². The van der Waals surface area contributed by atoms with Crippen LogP contribution < -0.4 is 15.0 Å². The van der Waals surface area contributed by atoms with E-state index in [1.54, 1.807) is 7.11 Å². The summed E-state index contributed by atoms with van der Waals surface area (Å²) in [5.41, 5.74) is 1.23. The maximum Gasteiger partial charge on any atom is 0.194 e. The summed E-state index contributed by atoms with van der Waals surface area (Å²) in [6.07, 6.45) is 2.34. The van der Waals surface area contributed by atoms with Gasteiger partial charge in [0.05, 0.1) is 7.11 Å². The van der Waals surface area contributed by atoms with E-state index < -0.39 is 0 Å². The van der Waals surface area contributed by atoms with Gasteiger partial charge in [0.15, 0.2) is 5.96 Å². The Kier molecular flexibility index (Phi) is 7.04. The second kappa shape index (κ2) is 9.28. The van der Waals surface area contributed by atoms with Crippen LogP contribution in [-0.2, 0) is 0 Å². The molecule has 5 nitrogen and oxygen atoms in total. The van der Waals surface area contributed by atoms with Crippen LogP contribution in [0.5, 0.6) is 5.75 Å². The summed E-state index contributed by atoms with van der Waals surface area (Å²) in [7, 11) is 1.71. The number of piperazine rings is 1.